The molecule has 2 aromatic rings. The third-order valence-corrected chi connectivity index (χ3v) is 5.40. The van der Waals surface area contributed by atoms with Gasteiger partial charge in [-0.2, -0.15) is 0 Å². The molecule has 0 saturated carbocycles. The number of hydrogen-bond donors (Lipinski definition) is 2. The number of rotatable bonds is 3. The molecular formula is C19H27ClN4O. The van der Waals surface area contributed by atoms with Crippen LogP contribution in [0.25, 0.3) is 10.9 Å². The summed E-state index contributed by atoms with van der Waals surface area (Å²) in [7, 11) is 0. The molecule has 0 aliphatic carbocycles. The minimum Gasteiger partial charge on any atom is -0.351 e. The second-order valence-corrected chi connectivity index (χ2v) is 7.06. The summed E-state index contributed by atoms with van der Waals surface area (Å²) in [6.45, 7) is 7.16. The third kappa shape index (κ3) is 4.17. The summed E-state index contributed by atoms with van der Waals surface area (Å²) in [6.07, 6.45) is 2.57. The number of H-pyrrole nitrogens is 1. The molecule has 2 N–H and O–H groups in total. The molecule has 0 spiro atoms. The molecule has 136 valence electrons. The highest BCUT2D eigenvalue weighted by Gasteiger charge is 2.25. The number of nitrogens with one attached hydrogen (secondary N) is 2. The van der Waals surface area contributed by atoms with Crippen molar-refractivity contribution >= 4 is 29.2 Å². The minimum atomic E-state index is 0. The van der Waals surface area contributed by atoms with Gasteiger partial charge in [0, 0.05) is 43.6 Å². The Morgan fingerprint density at radius 2 is 1.80 bits per heavy atom. The maximum atomic E-state index is 12.7. The van der Waals surface area contributed by atoms with E-state index >= 15 is 0 Å². The van der Waals surface area contributed by atoms with Crippen LogP contribution in [0.3, 0.4) is 0 Å². The largest absolute Gasteiger partial charge is 0.351 e. The first kappa shape index (κ1) is 18.2. The molecule has 0 atom stereocenters. The minimum absolute atomic E-state index is 0. The molecule has 0 radical (unpaired) electrons. The summed E-state index contributed by atoms with van der Waals surface area (Å²) >= 11 is 0. The lowest BCUT2D eigenvalue weighted by Crippen LogP contribution is -2.50. The van der Waals surface area contributed by atoms with Gasteiger partial charge in [-0.15, -0.1) is 12.4 Å². The topological polar surface area (TPSA) is 51.4 Å². The van der Waals surface area contributed by atoms with Crippen LogP contribution in [0.5, 0.6) is 0 Å². The number of aromatic nitrogens is 1. The molecule has 1 aromatic carbocycles. The Morgan fingerprint density at radius 1 is 1.08 bits per heavy atom. The van der Waals surface area contributed by atoms with Crippen LogP contribution in [0, 0.1) is 5.92 Å². The second kappa shape index (κ2) is 8.21. The van der Waals surface area contributed by atoms with Crippen LogP contribution >= 0.6 is 12.4 Å². The Labute approximate surface area is 155 Å². The average Bonchev–Trinajstić information content (AvgIpc) is 3.07. The van der Waals surface area contributed by atoms with Gasteiger partial charge >= 0.3 is 0 Å². The molecular weight excluding hydrogens is 336 g/mol. The molecule has 4 rings (SSSR count). The van der Waals surface area contributed by atoms with E-state index in [1.165, 1.54) is 19.4 Å². The zero-order chi connectivity index (χ0) is 16.4. The molecule has 2 fully saturated rings. The number of benzene rings is 1. The van der Waals surface area contributed by atoms with Crippen LogP contribution in [0.4, 0.5) is 0 Å². The number of piperidine rings is 1. The molecule has 5 nitrogen and oxygen atoms in total. The first-order valence-corrected chi connectivity index (χ1v) is 9.10. The molecule has 0 unspecified atom stereocenters. The fourth-order valence-corrected chi connectivity index (χ4v) is 3.92. The second-order valence-electron chi connectivity index (χ2n) is 7.06. The van der Waals surface area contributed by atoms with Crippen molar-refractivity contribution in [3.8, 4) is 0 Å². The standard InChI is InChI=1S/C19H26N4O.ClH/c24-19(18-13-16-3-1-2-4-17(16)21-18)23-11-9-22(10-12-23)14-15-5-7-20-8-6-15;/h1-4,13,15,20-21H,5-12,14H2;1H. The van der Waals surface area contributed by atoms with E-state index in [9.17, 15) is 4.79 Å². The Balaban J connectivity index is 0.00000182. The zero-order valence-corrected chi connectivity index (χ0v) is 15.4. The summed E-state index contributed by atoms with van der Waals surface area (Å²) in [4.78, 5) is 20.5. The van der Waals surface area contributed by atoms with E-state index in [0.29, 0.717) is 5.69 Å². The van der Waals surface area contributed by atoms with Gasteiger partial charge in [0.1, 0.15) is 5.69 Å². The number of aromatic amines is 1. The monoisotopic (exact) mass is 362 g/mol. The van der Waals surface area contributed by atoms with Crippen molar-refractivity contribution < 1.29 is 4.79 Å². The number of carbonyl (C=O) groups excluding carboxylic acids is 1. The lowest BCUT2D eigenvalue weighted by Gasteiger charge is -2.37. The highest BCUT2D eigenvalue weighted by atomic mass is 35.5. The average molecular weight is 363 g/mol. The number of fused-ring (bicyclic) bond motifs is 1. The highest BCUT2D eigenvalue weighted by molar-refractivity contribution is 5.98. The van der Waals surface area contributed by atoms with Gasteiger partial charge in [-0.05, 0) is 44.0 Å². The molecule has 2 aliphatic rings. The van der Waals surface area contributed by atoms with E-state index in [-0.39, 0.29) is 18.3 Å². The van der Waals surface area contributed by atoms with Crippen molar-refractivity contribution in [1.82, 2.24) is 20.1 Å². The van der Waals surface area contributed by atoms with Gasteiger partial charge in [0.05, 0.1) is 0 Å². The summed E-state index contributed by atoms with van der Waals surface area (Å²) < 4.78 is 0. The van der Waals surface area contributed by atoms with E-state index in [2.05, 4.69) is 15.2 Å². The number of amides is 1. The first-order valence-electron chi connectivity index (χ1n) is 9.10. The number of piperazine rings is 1. The SMILES string of the molecule is Cl.O=C(c1cc2ccccc2[nH]1)N1CCN(CC2CCNCC2)CC1. The zero-order valence-electron chi connectivity index (χ0n) is 14.5. The van der Waals surface area contributed by atoms with Crippen molar-refractivity contribution in [1.29, 1.82) is 0 Å². The molecule has 0 bridgehead atoms. The maximum Gasteiger partial charge on any atom is 0.270 e. The molecule has 6 heteroatoms. The third-order valence-electron chi connectivity index (χ3n) is 5.40. The quantitative estimate of drug-likeness (QED) is 0.881. The number of nitrogens with zero attached hydrogens (tertiary/aromatic N) is 2. The number of para-hydroxylation sites is 1. The van der Waals surface area contributed by atoms with E-state index < -0.39 is 0 Å². The lowest BCUT2D eigenvalue weighted by atomic mass is 9.97. The van der Waals surface area contributed by atoms with E-state index in [1.807, 2.05) is 35.2 Å². The summed E-state index contributed by atoms with van der Waals surface area (Å²) in [5.74, 6) is 0.954. The van der Waals surface area contributed by atoms with Gasteiger partial charge in [0.15, 0.2) is 0 Å². The van der Waals surface area contributed by atoms with Crippen molar-refractivity contribution in [2.45, 2.75) is 12.8 Å². The van der Waals surface area contributed by atoms with Gasteiger partial charge in [-0.25, -0.2) is 0 Å². The number of hydrogen-bond acceptors (Lipinski definition) is 3. The van der Waals surface area contributed by atoms with Crippen LogP contribution in [0.2, 0.25) is 0 Å². The first-order chi connectivity index (χ1) is 11.8. The molecule has 2 saturated heterocycles. The van der Waals surface area contributed by atoms with Crippen LogP contribution in [-0.2, 0) is 0 Å². The Hall–Kier alpha value is -1.56. The summed E-state index contributed by atoms with van der Waals surface area (Å²) in [5.41, 5.74) is 1.74. The fourth-order valence-electron chi connectivity index (χ4n) is 3.92. The van der Waals surface area contributed by atoms with E-state index in [4.69, 9.17) is 0 Å². The number of halogens is 1. The smallest absolute Gasteiger partial charge is 0.270 e. The number of carbonyl (C=O) groups is 1. The lowest BCUT2D eigenvalue weighted by molar-refractivity contribution is 0.0604. The predicted octanol–water partition coefficient (Wildman–Crippen LogP) is 2.35. The van der Waals surface area contributed by atoms with Gasteiger partial charge in [-0.3, -0.25) is 9.69 Å². The van der Waals surface area contributed by atoms with E-state index in [0.717, 1.165) is 56.1 Å². The molecule has 1 amide bonds. The Bertz CT molecular complexity index is 669. The van der Waals surface area contributed by atoms with Gasteiger partial charge in [-0.1, -0.05) is 18.2 Å². The van der Waals surface area contributed by atoms with Crippen molar-refractivity contribution in [2.75, 3.05) is 45.8 Å². The Kier molecular flexibility index (Phi) is 5.99. The van der Waals surface area contributed by atoms with Crippen LogP contribution in [-0.4, -0.2) is 66.5 Å². The van der Waals surface area contributed by atoms with Crippen molar-refractivity contribution in [3.63, 3.8) is 0 Å². The van der Waals surface area contributed by atoms with Crippen LogP contribution in [0.15, 0.2) is 30.3 Å². The van der Waals surface area contributed by atoms with Gasteiger partial charge in [0.25, 0.3) is 5.91 Å². The van der Waals surface area contributed by atoms with Gasteiger partial charge in [0.2, 0.25) is 0 Å². The normalized spacial score (nSPS) is 19.8. The van der Waals surface area contributed by atoms with Crippen molar-refractivity contribution in [2.24, 2.45) is 5.92 Å². The molecule has 1 aromatic heterocycles. The summed E-state index contributed by atoms with van der Waals surface area (Å²) in [6, 6.07) is 10.0. The van der Waals surface area contributed by atoms with Crippen LogP contribution in [0.1, 0.15) is 23.3 Å². The Morgan fingerprint density at radius 3 is 2.52 bits per heavy atom. The molecule has 2 aliphatic heterocycles. The summed E-state index contributed by atoms with van der Waals surface area (Å²) in [5, 5.41) is 4.53. The fraction of sp³-hybridized carbons (Fsp3) is 0.526. The van der Waals surface area contributed by atoms with E-state index in [1.54, 1.807) is 0 Å². The maximum absolute atomic E-state index is 12.7. The predicted molar refractivity (Wildman–Crippen MR) is 103 cm³/mol. The molecule has 25 heavy (non-hydrogen) atoms. The van der Waals surface area contributed by atoms with Gasteiger partial charge < -0.3 is 15.2 Å². The molecule has 3 heterocycles. The van der Waals surface area contributed by atoms with Crippen LogP contribution < -0.4 is 5.32 Å². The van der Waals surface area contributed by atoms with Crippen molar-refractivity contribution in [3.05, 3.63) is 36.0 Å². The highest BCUT2D eigenvalue weighted by Crippen LogP contribution is 2.18.